The summed E-state index contributed by atoms with van der Waals surface area (Å²) in [7, 11) is 0. The van der Waals surface area contributed by atoms with Crippen LogP contribution in [0.3, 0.4) is 0 Å². The van der Waals surface area contributed by atoms with E-state index in [1.54, 1.807) is 12.4 Å². The van der Waals surface area contributed by atoms with Gasteiger partial charge in [0.25, 0.3) is 0 Å². The maximum absolute atomic E-state index is 9.79. The van der Waals surface area contributed by atoms with E-state index in [0.29, 0.717) is 12.6 Å². The highest BCUT2D eigenvalue weighted by atomic mass is 16.1. The van der Waals surface area contributed by atoms with Crippen LogP contribution in [0.2, 0.25) is 0 Å². The minimum atomic E-state index is 0.326. The van der Waals surface area contributed by atoms with Crippen LogP contribution in [0.4, 0.5) is 0 Å². The van der Waals surface area contributed by atoms with Crippen LogP contribution in [0, 0.1) is 6.17 Å². The van der Waals surface area contributed by atoms with Crippen molar-refractivity contribution < 1.29 is 4.79 Å². The van der Waals surface area contributed by atoms with Gasteiger partial charge >= 0.3 is 0 Å². The van der Waals surface area contributed by atoms with Crippen molar-refractivity contribution >= 4 is 18.7 Å². The number of hydrogen-bond donors (Lipinski definition) is 0. The number of hydrogen-bond acceptors (Lipinski definition) is 3. The minimum Gasteiger partial charge on any atom is -0.302 e. The van der Waals surface area contributed by atoms with E-state index in [9.17, 15) is 4.79 Å². The van der Waals surface area contributed by atoms with Crippen molar-refractivity contribution in [3.8, 4) is 0 Å². The molecule has 0 atom stereocenters. The molecule has 1 aliphatic rings. The molecule has 8 heavy (non-hydrogen) atoms. The molecule has 0 aromatic rings. The highest BCUT2D eigenvalue weighted by Crippen LogP contribution is 2.08. The molecule has 0 unspecified atom stereocenters. The van der Waals surface area contributed by atoms with E-state index in [0.717, 1.165) is 6.29 Å². The number of aliphatic imine (C=N–C) groups is 2. The van der Waals surface area contributed by atoms with Crippen LogP contribution >= 0.6 is 0 Å². The van der Waals surface area contributed by atoms with Crippen LogP contribution in [0.5, 0.6) is 0 Å². The van der Waals surface area contributed by atoms with E-state index in [4.69, 9.17) is 0 Å². The van der Waals surface area contributed by atoms with Crippen molar-refractivity contribution in [2.24, 2.45) is 9.98 Å². The molecule has 40 valence electrons. The SMILES string of the molecule is O=CC[C+]1N=CC=N1. The molecule has 0 fully saturated rings. The summed E-state index contributed by atoms with van der Waals surface area (Å²) >= 11 is 0. The fourth-order valence-corrected chi connectivity index (χ4v) is 0.452. The first kappa shape index (κ1) is 5.03. The summed E-state index contributed by atoms with van der Waals surface area (Å²) in [5, 5.41) is 0. The summed E-state index contributed by atoms with van der Waals surface area (Å²) < 4.78 is 0. The minimum absolute atomic E-state index is 0.326. The normalized spacial score (nSPS) is 15.2. The smallest absolute Gasteiger partial charge is 0.247 e. The topological polar surface area (TPSA) is 41.8 Å². The van der Waals surface area contributed by atoms with Crippen molar-refractivity contribution in [3.05, 3.63) is 6.17 Å². The zero-order valence-corrected chi connectivity index (χ0v) is 4.24. The Kier molecular flexibility index (Phi) is 1.42. The lowest BCUT2D eigenvalue weighted by Crippen LogP contribution is -1.84. The van der Waals surface area contributed by atoms with E-state index in [1.807, 2.05) is 0 Å². The molecule has 3 heteroatoms. The van der Waals surface area contributed by atoms with Crippen LogP contribution in [0.1, 0.15) is 6.42 Å². The third-order valence-corrected chi connectivity index (χ3v) is 0.780. The summed E-state index contributed by atoms with van der Waals surface area (Å²) in [6.07, 6.45) is 4.85. The third kappa shape index (κ3) is 0.932. The lowest BCUT2D eigenvalue weighted by molar-refractivity contribution is -0.107. The predicted octanol–water partition coefficient (Wildman–Crippen LogP) is 0.220. The van der Waals surface area contributed by atoms with Gasteiger partial charge in [-0.05, 0) is 0 Å². The van der Waals surface area contributed by atoms with Gasteiger partial charge in [0, 0.05) is 0 Å². The Balaban J connectivity index is 2.37. The van der Waals surface area contributed by atoms with Gasteiger partial charge in [0.2, 0.25) is 6.17 Å². The van der Waals surface area contributed by atoms with Crippen molar-refractivity contribution in [1.82, 2.24) is 0 Å². The largest absolute Gasteiger partial charge is 0.302 e. The molecule has 0 spiro atoms. The summed E-state index contributed by atoms with van der Waals surface area (Å²) in [4.78, 5) is 17.3. The van der Waals surface area contributed by atoms with Crippen LogP contribution in [0.15, 0.2) is 9.98 Å². The molecular formula is C5H5N2O+. The van der Waals surface area contributed by atoms with Crippen molar-refractivity contribution in [2.45, 2.75) is 6.42 Å². The average molecular weight is 109 g/mol. The van der Waals surface area contributed by atoms with E-state index in [2.05, 4.69) is 9.98 Å². The van der Waals surface area contributed by atoms with Crippen molar-refractivity contribution in [3.63, 3.8) is 0 Å². The lowest BCUT2D eigenvalue weighted by atomic mass is 10.4. The Hall–Kier alpha value is -1.12. The highest BCUT2D eigenvalue weighted by Gasteiger charge is 2.13. The molecule has 0 radical (unpaired) electrons. The van der Waals surface area contributed by atoms with Gasteiger partial charge in [-0.1, -0.05) is 9.98 Å². The zero-order valence-electron chi connectivity index (χ0n) is 4.24. The second kappa shape index (κ2) is 2.26. The van der Waals surface area contributed by atoms with E-state index in [-0.39, 0.29) is 0 Å². The Bertz CT molecular complexity index is 127. The number of carbonyl (C=O) groups is 1. The molecule has 0 aromatic heterocycles. The van der Waals surface area contributed by atoms with Gasteiger partial charge in [0.15, 0.2) is 12.4 Å². The number of carbonyl (C=O) groups excluding carboxylic acids is 1. The highest BCUT2D eigenvalue weighted by molar-refractivity contribution is 6.18. The summed E-state index contributed by atoms with van der Waals surface area (Å²) in [5.74, 6) is 0. The molecule has 0 amide bonds. The molecule has 0 N–H and O–H groups in total. The first-order valence-electron chi connectivity index (χ1n) is 2.29. The first-order chi connectivity index (χ1) is 3.93. The molecule has 1 aliphatic heterocycles. The number of rotatable bonds is 2. The maximum atomic E-state index is 9.79. The van der Waals surface area contributed by atoms with Gasteiger partial charge < -0.3 is 4.79 Å². The number of nitrogens with zero attached hydrogens (tertiary/aromatic N) is 2. The standard InChI is InChI=1S/C5H5N2O/c8-4-1-5-6-2-3-7-5/h2-4H,1H2/q+1. The second-order valence-corrected chi connectivity index (χ2v) is 1.34. The van der Waals surface area contributed by atoms with Crippen LogP contribution in [0.25, 0.3) is 0 Å². The molecule has 0 aromatic carbocycles. The Morgan fingerprint density at radius 3 is 2.62 bits per heavy atom. The lowest BCUT2D eigenvalue weighted by Gasteiger charge is -1.81. The first-order valence-corrected chi connectivity index (χ1v) is 2.29. The molecule has 1 rings (SSSR count). The van der Waals surface area contributed by atoms with Crippen LogP contribution < -0.4 is 0 Å². The van der Waals surface area contributed by atoms with Gasteiger partial charge in [0.1, 0.15) is 12.7 Å². The average Bonchev–Trinajstić information content (AvgIpc) is 2.19. The quantitative estimate of drug-likeness (QED) is 0.369. The second-order valence-electron chi connectivity index (χ2n) is 1.34. The molecule has 0 bridgehead atoms. The summed E-state index contributed by atoms with van der Waals surface area (Å²) in [5.41, 5.74) is 0. The number of aldehydes is 1. The summed E-state index contributed by atoms with van der Waals surface area (Å²) in [6.45, 7) is 0. The molecule has 1 heterocycles. The van der Waals surface area contributed by atoms with Crippen molar-refractivity contribution in [2.75, 3.05) is 0 Å². The third-order valence-electron chi connectivity index (χ3n) is 0.780. The maximum Gasteiger partial charge on any atom is 0.247 e. The zero-order chi connectivity index (χ0) is 5.82. The monoisotopic (exact) mass is 109 g/mol. The Labute approximate surface area is 47.1 Å². The van der Waals surface area contributed by atoms with Crippen LogP contribution in [-0.2, 0) is 4.79 Å². The Morgan fingerprint density at radius 2 is 2.12 bits per heavy atom. The fourth-order valence-electron chi connectivity index (χ4n) is 0.452. The van der Waals surface area contributed by atoms with Gasteiger partial charge in [-0.3, -0.25) is 0 Å². The molecule has 0 saturated carbocycles. The molecular weight excluding hydrogens is 104 g/mol. The predicted molar refractivity (Wildman–Crippen MR) is 30.9 cm³/mol. The van der Waals surface area contributed by atoms with E-state index in [1.165, 1.54) is 0 Å². The van der Waals surface area contributed by atoms with Gasteiger partial charge in [0.05, 0.1) is 0 Å². The van der Waals surface area contributed by atoms with Gasteiger partial charge in [-0.15, -0.1) is 0 Å². The molecule has 3 nitrogen and oxygen atoms in total. The van der Waals surface area contributed by atoms with E-state index < -0.39 is 0 Å². The van der Waals surface area contributed by atoms with E-state index >= 15 is 0 Å². The summed E-state index contributed by atoms with van der Waals surface area (Å²) in [6, 6.07) is 0. The molecule has 0 aliphatic carbocycles. The molecule has 0 saturated heterocycles. The fraction of sp³-hybridized carbons (Fsp3) is 0.200. The van der Waals surface area contributed by atoms with Gasteiger partial charge in [-0.25, -0.2) is 0 Å². The van der Waals surface area contributed by atoms with Crippen molar-refractivity contribution in [1.29, 1.82) is 0 Å². The van der Waals surface area contributed by atoms with Gasteiger partial charge in [-0.2, -0.15) is 0 Å². The van der Waals surface area contributed by atoms with Crippen LogP contribution in [-0.4, -0.2) is 18.7 Å². The Morgan fingerprint density at radius 1 is 1.50 bits per heavy atom.